The van der Waals surface area contributed by atoms with Crippen molar-refractivity contribution in [1.29, 1.82) is 0 Å². The van der Waals surface area contributed by atoms with E-state index in [1.807, 2.05) is 91.0 Å². The minimum atomic E-state index is 0.645. The number of aromatic nitrogens is 12. The van der Waals surface area contributed by atoms with Crippen molar-refractivity contribution in [3.05, 3.63) is 473 Å². The maximum atomic E-state index is 5.18. The maximum absolute atomic E-state index is 5.18. The van der Waals surface area contributed by atoms with Crippen molar-refractivity contribution in [3.63, 3.8) is 0 Å². The number of nitrogens with zero attached hydrogens (tertiary/aromatic N) is 12. The highest BCUT2D eigenvalue weighted by Gasteiger charge is 2.25. The van der Waals surface area contributed by atoms with E-state index in [0.29, 0.717) is 52.4 Å². The molecule has 0 aliphatic heterocycles. The van der Waals surface area contributed by atoms with Gasteiger partial charge in [0.2, 0.25) is 0 Å². The minimum absolute atomic E-state index is 0.645. The molecule has 0 fully saturated rings. The Morgan fingerprint density at radius 1 is 0.119 bits per heavy atom. The van der Waals surface area contributed by atoms with Crippen LogP contribution in [0.25, 0.3) is 250 Å². The standard InChI is InChI=1S/C45H28N4.C41H26N4.C37H24N4/c1-3-13-31-27-33(23-21-29(31)11-1)43-46-44(34-24-22-30-12-2-4-14-32(30)28-34)48-45(47-43)39-25-26-42(36-16-6-5-15-35(36)39)49-40-19-9-7-17-37(40)38-18-8-10-20-41(38)49;1-2-13-28(14-3-1)39-42-40(30-23-22-27-12-4-5-15-29(27)26-30)44-41(43-39)35-24-25-38(32-17-7-6-16-31(32)35)45-36-20-10-8-18-33(36)34-19-9-11-21-37(34)45;1-3-13-25(14-4-1)35-38-36(26-15-5-2-6-16-26)40-37(39-35)31-23-24-34(28-18-8-7-17-27(28)31)41-32-21-11-9-19-29(32)30-20-10-12-22-33(30)41/h1-28H;1-26H;1-24H. The molecule has 12 heteroatoms. The minimum Gasteiger partial charge on any atom is -0.309 e. The van der Waals surface area contributed by atoms with E-state index in [2.05, 4.69) is 396 Å². The molecule has 0 unspecified atom stereocenters. The van der Waals surface area contributed by atoms with Gasteiger partial charge in [0.1, 0.15) is 0 Å². The zero-order valence-electron chi connectivity index (χ0n) is 72.9. The lowest BCUT2D eigenvalue weighted by Crippen LogP contribution is -2.02. The van der Waals surface area contributed by atoms with Gasteiger partial charge in [-0.05, 0) is 139 Å². The Kier molecular flexibility index (Phi) is 19.6. The number of para-hydroxylation sites is 6. The molecule has 27 rings (SSSR count). The summed E-state index contributed by atoms with van der Waals surface area (Å²) in [7, 11) is 0. The molecule has 12 nitrogen and oxygen atoms in total. The topological polar surface area (TPSA) is 131 Å². The van der Waals surface area contributed by atoms with Crippen LogP contribution in [-0.4, -0.2) is 58.6 Å². The first-order valence-electron chi connectivity index (χ1n) is 45.4. The fourth-order valence-electron chi connectivity index (χ4n) is 19.6. The lowest BCUT2D eigenvalue weighted by molar-refractivity contribution is 1.08. The van der Waals surface area contributed by atoms with Crippen molar-refractivity contribution in [2.24, 2.45) is 0 Å². The molecule has 0 saturated heterocycles. The third kappa shape index (κ3) is 14.2. The van der Waals surface area contributed by atoms with E-state index in [-0.39, 0.29) is 0 Å². The lowest BCUT2D eigenvalue weighted by atomic mass is 10.0. The second-order valence-electron chi connectivity index (χ2n) is 33.8. The predicted molar refractivity (Wildman–Crippen MR) is 556 cm³/mol. The average molecular weight is 1720 g/mol. The van der Waals surface area contributed by atoms with Gasteiger partial charge in [0.15, 0.2) is 52.4 Å². The Labute approximate surface area is 776 Å². The number of fused-ring (bicyclic) bond motifs is 15. The van der Waals surface area contributed by atoms with Crippen molar-refractivity contribution in [2.75, 3.05) is 0 Å². The van der Waals surface area contributed by atoms with Gasteiger partial charge in [-0.2, -0.15) is 0 Å². The van der Waals surface area contributed by atoms with E-state index in [1.165, 1.54) is 81.6 Å². The van der Waals surface area contributed by atoms with Crippen LogP contribution in [0.2, 0.25) is 0 Å². The Morgan fingerprint density at radius 2 is 0.304 bits per heavy atom. The van der Waals surface area contributed by atoms with Gasteiger partial charge in [-0.1, -0.05) is 382 Å². The first kappa shape index (κ1) is 78.8. The van der Waals surface area contributed by atoms with Crippen LogP contribution < -0.4 is 0 Å². The Bertz CT molecular complexity index is 9030. The van der Waals surface area contributed by atoms with Crippen molar-refractivity contribution in [2.45, 2.75) is 0 Å². The summed E-state index contributed by atoms with van der Waals surface area (Å²) in [5.41, 5.74) is 19.1. The van der Waals surface area contributed by atoms with Gasteiger partial charge in [-0.25, -0.2) is 44.9 Å². The molecule has 0 N–H and O–H groups in total. The summed E-state index contributed by atoms with van der Waals surface area (Å²) in [5.74, 6) is 5.87. The second-order valence-corrected chi connectivity index (χ2v) is 33.8. The van der Waals surface area contributed by atoms with Crippen molar-refractivity contribution >= 4 is 130 Å². The van der Waals surface area contributed by atoms with Crippen LogP contribution in [0.1, 0.15) is 0 Å². The van der Waals surface area contributed by atoms with E-state index in [0.717, 1.165) is 116 Å². The van der Waals surface area contributed by atoms with Crippen molar-refractivity contribution in [3.8, 4) is 120 Å². The van der Waals surface area contributed by atoms with E-state index < -0.39 is 0 Å². The summed E-state index contributed by atoms with van der Waals surface area (Å²) in [4.78, 5) is 45.5. The molecule has 0 radical (unpaired) electrons. The Morgan fingerprint density at radius 3 is 0.548 bits per heavy atom. The number of benzene rings is 21. The summed E-state index contributed by atoms with van der Waals surface area (Å²) in [6.07, 6.45) is 0. The van der Waals surface area contributed by atoms with Crippen molar-refractivity contribution in [1.82, 2.24) is 58.6 Å². The molecule has 0 aliphatic carbocycles. The highest BCUT2D eigenvalue weighted by Crippen LogP contribution is 2.44. The van der Waals surface area contributed by atoms with Crippen molar-refractivity contribution < 1.29 is 0 Å². The summed E-state index contributed by atoms with van der Waals surface area (Å²) in [6.45, 7) is 0. The third-order valence-electron chi connectivity index (χ3n) is 25.9. The maximum Gasteiger partial charge on any atom is 0.164 e. The number of hydrogen-bond acceptors (Lipinski definition) is 9. The predicted octanol–water partition coefficient (Wildman–Crippen LogP) is 30.8. The smallest absolute Gasteiger partial charge is 0.164 e. The van der Waals surface area contributed by atoms with Gasteiger partial charge >= 0.3 is 0 Å². The van der Waals surface area contributed by atoms with Crippen LogP contribution >= 0.6 is 0 Å². The number of hydrogen-bond donors (Lipinski definition) is 0. The molecule has 6 aromatic heterocycles. The molecular formula is C123H78N12. The molecule has 21 aromatic carbocycles. The van der Waals surface area contributed by atoms with Gasteiger partial charge < -0.3 is 13.7 Å². The molecule has 0 amide bonds. The van der Waals surface area contributed by atoms with Crippen LogP contribution in [0.5, 0.6) is 0 Å². The first-order valence-corrected chi connectivity index (χ1v) is 45.4. The molecule has 0 saturated carbocycles. The first-order chi connectivity index (χ1) is 66.9. The molecule has 27 aromatic rings. The van der Waals surface area contributed by atoms with Gasteiger partial charge in [-0.3, -0.25) is 0 Å². The van der Waals surface area contributed by atoms with Gasteiger partial charge in [0.25, 0.3) is 0 Å². The zero-order valence-corrected chi connectivity index (χ0v) is 72.9. The monoisotopic (exact) mass is 1720 g/mol. The second kappa shape index (κ2) is 33.6. The quantitative estimate of drug-likeness (QED) is 0.117. The number of rotatable bonds is 12. The zero-order chi connectivity index (χ0) is 89.2. The van der Waals surface area contributed by atoms with Crippen LogP contribution in [0.4, 0.5) is 0 Å². The van der Waals surface area contributed by atoms with E-state index >= 15 is 0 Å². The normalized spacial score (nSPS) is 11.6. The average Bonchev–Trinajstić information content (AvgIpc) is 1.61. The Hall–Kier alpha value is -18.4. The van der Waals surface area contributed by atoms with E-state index in [9.17, 15) is 0 Å². The van der Waals surface area contributed by atoms with Crippen LogP contribution in [-0.2, 0) is 0 Å². The van der Waals surface area contributed by atoms with Crippen LogP contribution in [0.3, 0.4) is 0 Å². The Balaban J connectivity index is 0.000000108. The summed E-state index contributed by atoms with van der Waals surface area (Å²) < 4.78 is 7.13. The van der Waals surface area contributed by atoms with Gasteiger partial charge in [0.05, 0.1) is 50.2 Å². The molecular weight excluding hydrogens is 1650 g/mol. The van der Waals surface area contributed by atoms with E-state index in [4.69, 9.17) is 44.9 Å². The molecule has 0 bridgehead atoms. The molecule has 0 aliphatic rings. The summed E-state index contributed by atoms with van der Waals surface area (Å²) in [6, 6.07) is 165. The SMILES string of the molecule is c1ccc(-c2nc(-c3ccc4ccccc4c3)nc(-c3ccc(-n4c5ccccc5c5ccccc54)c4ccccc34)n2)cc1.c1ccc(-c2nc(-c3ccccc3)nc(-c3ccc(-n4c5ccccc5c5ccccc54)c4ccccc34)n2)cc1.c1ccc2cc(-c3nc(-c4ccc5ccccc5c4)nc(-c4ccc(-n5c6ccccc6c6ccccc65)c5ccccc45)n3)ccc2c1. The van der Waals surface area contributed by atoms with Gasteiger partial charge in [-0.15, -0.1) is 0 Å². The van der Waals surface area contributed by atoms with Gasteiger partial charge in [0, 0.05) is 98.5 Å². The molecule has 630 valence electrons. The molecule has 0 spiro atoms. The fourth-order valence-corrected chi connectivity index (χ4v) is 19.6. The molecule has 6 heterocycles. The van der Waals surface area contributed by atoms with Crippen LogP contribution in [0, 0.1) is 0 Å². The van der Waals surface area contributed by atoms with Crippen LogP contribution in [0.15, 0.2) is 473 Å². The molecule has 0 atom stereocenters. The largest absolute Gasteiger partial charge is 0.309 e. The highest BCUT2D eigenvalue weighted by atomic mass is 15.1. The summed E-state index contributed by atoms with van der Waals surface area (Å²) in [5, 5.41) is 21.1. The molecule has 135 heavy (non-hydrogen) atoms. The lowest BCUT2D eigenvalue weighted by Gasteiger charge is -2.15. The summed E-state index contributed by atoms with van der Waals surface area (Å²) >= 11 is 0. The third-order valence-corrected chi connectivity index (χ3v) is 25.9. The highest BCUT2D eigenvalue weighted by molar-refractivity contribution is 6.15. The van der Waals surface area contributed by atoms with E-state index in [1.54, 1.807) is 0 Å². The fraction of sp³-hybridized carbons (Fsp3) is 0.